The molecule has 1 saturated heterocycles. The molecular weight excluding hydrogens is 364 g/mol. The quantitative estimate of drug-likeness (QED) is 0.792. The second-order valence-electron chi connectivity index (χ2n) is 5.98. The number of fused-ring (bicyclic) bond motifs is 3. The van der Waals surface area contributed by atoms with Gasteiger partial charge in [0.25, 0.3) is 0 Å². The highest BCUT2D eigenvalue weighted by Crippen LogP contribution is 2.44. The van der Waals surface area contributed by atoms with Crippen LogP contribution in [0.3, 0.4) is 0 Å². The number of carbonyl (C=O) groups is 3. The van der Waals surface area contributed by atoms with Crippen molar-refractivity contribution in [2.24, 2.45) is 5.92 Å². The van der Waals surface area contributed by atoms with Crippen LogP contribution in [0.15, 0.2) is 18.2 Å². The SMILES string of the molecule is CCOC(=O)C[C@@H]1C(=O)Nc2ccc(Cl)cc2[C@@H]2[C@H](C(=O)OC)CON12. The first-order chi connectivity index (χ1) is 12.5. The summed E-state index contributed by atoms with van der Waals surface area (Å²) < 4.78 is 9.84. The maximum absolute atomic E-state index is 12.7. The van der Waals surface area contributed by atoms with Crippen molar-refractivity contribution in [2.75, 3.05) is 25.6 Å². The molecule has 3 atom stereocenters. The lowest BCUT2D eigenvalue weighted by Gasteiger charge is -2.28. The van der Waals surface area contributed by atoms with Crippen LogP contribution in [0.1, 0.15) is 24.9 Å². The number of amides is 1. The van der Waals surface area contributed by atoms with Crippen molar-refractivity contribution in [1.29, 1.82) is 0 Å². The summed E-state index contributed by atoms with van der Waals surface area (Å²) in [5.74, 6) is -2.07. The molecule has 0 aromatic heterocycles. The molecule has 0 bridgehead atoms. The van der Waals surface area contributed by atoms with Gasteiger partial charge in [0.1, 0.15) is 12.0 Å². The number of anilines is 1. The van der Waals surface area contributed by atoms with Crippen molar-refractivity contribution in [2.45, 2.75) is 25.4 Å². The van der Waals surface area contributed by atoms with Gasteiger partial charge in [0.2, 0.25) is 5.91 Å². The molecule has 0 saturated carbocycles. The Morgan fingerprint density at radius 1 is 1.42 bits per heavy atom. The first-order valence-corrected chi connectivity index (χ1v) is 8.59. The smallest absolute Gasteiger partial charge is 0.313 e. The maximum Gasteiger partial charge on any atom is 0.313 e. The Labute approximate surface area is 155 Å². The number of carbonyl (C=O) groups excluding carboxylic acids is 3. The van der Waals surface area contributed by atoms with E-state index in [1.807, 2.05) is 0 Å². The molecule has 2 heterocycles. The fraction of sp³-hybridized carbons (Fsp3) is 0.471. The van der Waals surface area contributed by atoms with Gasteiger partial charge in [0.05, 0.1) is 32.8 Å². The summed E-state index contributed by atoms with van der Waals surface area (Å²) in [6.45, 7) is 1.93. The average Bonchev–Trinajstić information content (AvgIpc) is 3.01. The molecule has 0 radical (unpaired) electrons. The van der Waals surface area contributed by atoms with E-state index >= 15 is 0 Å². The molecule has 0 unspecified atom stereocenters. The minimum absolute atomic E-state index is 0.0376. The standard InChI is InChI=1S/C17H19ClN2O6/c1-3-25-14(21)7-13-16(22)19-12-5-4-9(18)6-10(12)15-11(17(23)24-2)8-26-20(13)15/h4-6,11,13,15H,3,7-8H2,1-2H3,(H,19,22)/t11-,13-,15-/m1/s1. The monoisotopic (exact) mass is 382 g/mol. The van der Waals surface area contributed by atoms with Crippen LogP contribution >= 0.6 is 11.6 Å². The highest BCUT2D eigenvalue weighted by atomic mass is 35.5. The van der Waals surface area contributed by atoms with Crippen LogP contribution in [-0.4, -0.2) is 49.3 Å². The van der Waals surface area contributed by atoms with Crippen molar-refractivity contribution >= 4 is 35.1 Å². The Balaban J connectivity index is 2.03. The third-order valence-corrected chi connectivity index (χ3v) is 4.66. The van der Waals surface area contributed by atoms with Crippen LogP contribution in [0.2, 0.25) is 5.02 Å². The molecule has 3 rings (SSSR count). The lowest BCUT2D eigenvalue weighted by molar-refractivity contribution is -0.178. The van der Waals surface area contributed by atoms with E-state index in [0.717, 1.165) is 0 Å². The molecule has 1 aromatic rings. The van der Waals surface area contributed by atoms with E-state index in [9.17, 15) is 14.4 Å². The highest BCUT2D eigenvalue weighted by Gasteiger charge is 2.50. The van der Waals surface area contributed by atoms with Gasteiger partial charge in [-0.2, -0.15) is 5.06 Å². The van der Waals surface area contributed by atoms with E-state index in [4.69, 9.17) is 25.9 Å². The summed E-state index contributed by atoms with van der Waals surface area (Å²) in [4.78, 5) is 42.5. The van der Waals surface area contributed by atoms with Gasteiger partial charge in [0, 0.05) is 10.7 Å². The van der Waals surface area contributed by atoms with Crippen LogP contribution in [0.5, 0.6) is 0 Å². The molecule has 0 aliphatic carbocycles. The first kappa shape index (κ1) is 18.6. The topological polar surface area (TPSA) is 94.2 Å². The van der Waals surface area contributed by atoms with Gasteiger partial charge in [-0.1, -0.05) is 11.6 Å². The zero-order chi connectivity index (χ0) is 18.8. The zero-order valence-corrected chi connectivity index (χ0v) is 15.1. The van der Waals surface area contributed by atoms with Crippen LogP contribution in [0.25, 0.3) is 0 Å². The van der Waals surface area contributed by atoms with Gasteiger partial charge >= 0.3 is 11.9 Å². The molecule has 26 heavy (non-hydrogen) atoms. The number of methoxy groups -OCH3 is 1. The normalized spacial score (nSPS) is 24.9. The fourth-order valence-electron chi connectivity index (χ4n) is 3.29. The fourth-order valence-corrected chi connectivity index (χ4v) is 3.47. The largest absolute Gasteiger partial charge is 0.469 e. The Morgan fingerprint density at radius 2 is 2.19 bits per heavy atom. The van der Waals surface area contributed by atoms with Crippen LogP contribution in [0, 0.1) is 5.92 Å². The van der Waals surface area contributed by atoms with Crippen molar-refractivity contribution in [3.05, 3.63) is 28.8 Å². The van der Waals surface area contributed by atoms with Crippen LogP contribution < -0.4 is 5.32 Å². The summed E-state index contributed by atoms with van der Waals surface area (Å²) in [6, 6.07) is 3.41. The number of ether oxygens (including phenoxy) is 2. The van der Waals surface area contributed by atoms with E-state index < -0.39 is 35.8 Å². The van der Waals surface area contributed by atoms with Gasteiger partial charge in [-0.25, -0.2) is 0 Å². The minimum atomic E-state index is -0.945. The lowest BCUT2D eigenvalue weighted by Crippen LogP contribution is -2.43. The van der Waals surface area contributed by atoms with Crippen LogP contribution in [0.4, 0.5) is 5.69 Å². The summed E-state index contributed by atoms with van der Waals surface area (Å²) in [5, 5.41) is 4.61. The molecule has 1 aromatic carbocycles. The Hall–Kier alpha value is -2.16. The van der Waals surface area contributed by atoms with Crippen molar-refractivity contribution < 1.29 is 28.7 Å². The number of nitrogens with zero attached hydrogens (tertiary/aromatic N) is 1. The number of rotatable bonds is 4. The molecule has 140 valence electrons. The molecule has 1 N–H and O–H groups in total. The number of hydroxylamine groups is 2. The molecule has 0 spiro atoms. The van der Waals surface area contributed by atoms with Crippen molar-refractivity contribution in [3.8, 4) is 0 Å². The first-order valence-electron chi connectivity index (χ1n) is 8.21. The molecule has 9 heteroatoms. The second-order valence-corrected chi connectivity index (χ2v) is 6.41. The summed E-state index contributed by atoms with van der Waals surface area (Å²) >= 11 is 6.12. The summed E-state index contributed by atoms with van der Waals surface area (Å²) in [7, 11) is 1.29. The highest BCUT2D eigenvalue weighted by molar-refractivity contribution is 6.30. The maximum atomic E-state index is 12.7. The second kappa shape index (κ2) is 7.61. The Bertz CT molecular complexity index is 740. The number of benzene rings is 1. The van der Waals surface area contributed by atoms with Crippen molar-refractivity contribution in [1.82, 2.24) is 5.06 Å². The molecule has 8 nitrogen and oxygen atoms in total. The van der Waals surface area contributed by atoms with Gasteiger partial charge in [0.15, 0.2) is 0 Å². The number of esters is 2. The van der Waals surface area contributed by atoms with Gasteiger partial charge in [-0.3, -0.25) is 19.2 Å². The summed E-state index contributed by atoms with van der Waals surface area (Å²) in [6.07, 6.45) is -0.203. The lowest BCUT2D eigenvalue weighted by atomic mass is 9.92. The molecule has 2 aliphatic rings. The molecule has 2 aliphatic heterocycles. The van der Waals surface area contributed by atoms with Gasteiger partial charge in [-0.15, -0.1) is 0 Å². The molecule has 1 amide bonds. The number of nitrogens with one attached hydrogen (secondary N) is 1. The summed E-state index contributed by atoms with van der Waals surface area (Å²) in [5.41, 5.74) is 1.14. The van der Waals surface area contributed by atoms with Gasteiger partial charge < -0.3 is 14.8 Å². The van der Waals surface area contributed by atoms with Crippen molar-refractivity contribution in [3.63, 3.8) is 0 Å². The third-order valence-electron chi connectivity index (χ3n) is 4.43. The van der Waals surface area contributed by atoms with E-state index in [-0.39, 0.29) is 19.6 Å². The van der Waals surface area contributed by atoms with E-state index in [1.54, 1.807) is 25.1 Å². The van der Waals surface area contributed by atoms with Gasteiger partial charge in [-0.05, 0) is 30.7 Å². The predicted octanol–water partition coefficient (Wildman–Crippen LogP) is 1.69. The third kappa shape index (κ3) is 3.40. The van der Waals surface area contributed by atoms with E-state index in [2.05, 4.69) is 5.32 Å². The molecule has 1 fully saturated rings. The predicted molar refractivity (Wildman–Crippen MR) is 91.2 cm³/mol. The van der Waals surface area contributed by atoms with E-state index in [0.29, 0.717) is 16.3 Å². The number of hydrogen-bond donors (Lipinski definition) is 1. The minimum Gasteiger partial charge on any atom is -0.469 e. The van der Waals surface area contributed by atoms with E-state index in [1.165, 1.54) is 12.2 Å². The molecular formula is C17H19ClN2O6. The Kier molecular flexibility index (Phi) is 5.45. The Morgan fingerprint density at radius 3 is 2.88 bits per heavy atom. The number of hydrogen-bond acceptors (Lipinski definition) is 7. The average molecular weight is 383 g/mol. The number of halogens is 1. The zero-order valence-electron chi connectivity index (χ0n) is 14.4. The van der Waals surface area contributed by atoms with Crippen LogP contribution in [-0.2, 0) is 28.7 Å².